The molecule has 3 aromatic rings. The van der Waals surface area contributed by atoms with E-state index in [2.05, 4.69) is 58.0 Å². The normalized spacial score (nSPS) is 12.2. The van der Waals surface area contributed by atoms with Crippen molar-refractivity contribution in [1.82, 2.24) is 0 Å². The average Bonchev–Trinajstić information content (AvgIpc) is 2.62. The van der Waals surface area contributed by atoms with Crippen molar-refractivity contribution in [2.45, 2.75) is 38.5 Å². The van der Waals surface area contributed by atoms with Crippen molar-refractivity contribution >= 4 is 0 Å². The molecule has 0 unspecified atom stereocenters. The number of rotatable bonds is 4. The lowest BCUT2D eigenvalue weighted by molar-refractivity contribution is 0.578. The Morgan fingerprint density at radius 2 is 0.880 bits per heavy atom. The zero-order chi connectivity index (χ0) is 18.1. The summed E-state index contributed by atoms with van der Waals surface area (Å²) in [5.41, 5.74) is 3.85. The first-order valence-electron chi connectivity index (χ1n) is 8.74. The van der Waals surface area contributed by atoms with Crippen LogP contribution in [0.15, 0.2) is 78.9 Å². The van der Waals surface area contributed by atoms with Crippen molar-refractivity contribution in [3.63, 3.8) is 0 Å². The maximum atomic E-state index is 14.5. The maximum absolute atomic E-state index is 14.5. The predicted octanol–water partition coefficient (Wildman–Crippen LogP) is 6.48. The summed E-state index contributed by atoms with van der Waals surface area (Å²) < 4.78 is 14.5. The molecule has 128 valence electrons. The summed E-state index contributed by atoms with van der Waals surface area (Å²) in [7, 11) is 0. The van der Waals surface area contributed by atoms with E-state index in [1.807, 2.05) is 36.4 Å². The molecule has 0 N–H and O–H groups in total. The van der Waals surface area contributed by atoms with Crippen molar-refractivity contribution in [1.29, 1.82) is 0 Å². The molecule has 0 fully saturated rings. The molecule has 0 saturated heterocycles. The Bertz CT molecular complexity index is 776. The van der Waals surface area contributed by atoms with Gasteiger partial charge in [-0.25, -0.2) is 4.39 Å². The lowest BCUT2D eigenvalue weighted by Gasteiger charge is -2.31. The smallest absolute Gasteiger partial charge is 0.123 e. The third kappa shape index (κ3) is 3.37. The van der Waals surface area contributed by atoms with Crippen LogP contribution < -0.4 is 0 Å². The van der Waals surface area contributed by atoms with Gasteiger partial charge < -0.3 is 0 Å². The quantitative estimate of drug-likeness (QED) is 0.513. The molecular weight excluding hydrogens is 307 g/mol. The van der Waals surface area contributed by atoms with Gasteiger partial charge in [-0.2, -0.15) is 0 Å². The van der Waals surface area contributed by atoms with Crippen molar-refractivity contribution in [2.24, 2.45) is 0 Å². The van der Waals surface area contributed by atoms with E-state index in [1.54, 1.807) is 12.1 Å². The molecule has 0 radical (unpaired) electrons. The largest absolute Gasteiger partial charge is 0.207 e. The second-order valence-corrected chi connectivity index (χ2v) is 7.71. The molecule has 25 heavy (non-hydrogen) atoms. The minimum Gasteiger partial charge on any atom is -0.207 e. The van der Waals surface area contributed by atoms with Gasteiger partial charge in [-0.1, -0.05) is 94.4 Å². The Balaban J connectivity index is 2.10. The van der Waals surface area contributed by atoms with Crippen molar-refractivity contribution in [2.75, 3.05) is 0 Å². The second kappa shape index (κ2) is 6.48. The lowest BCUT2D eigenvalue weighted by Crippen LogP contribution is -2.23. The summed E-state index contributed by atoms with van der Waals surface area (Å²) in [5.74, 6) is -0.180. The molecule has 0 aliphatic carbocycles. The first-order valence-corrected chi connectivity index (χ1v) is 8.74. The SMILES string of the molecule is CC(C)(c1ccccc1)c1cc(F)cc(C(C)(C)c2ccccc2)c1. The average molecular weight is 332 g/mol. The molecule has 0 nitrogen and oxygen atoms in total. The van der Waals surface area contributed by atoms with E-state index in [1.165, 1.54) is 11.1 Å². The monoisotopic (exact) mass is 332 g/mol. The van der Waals surface area contributed by atoms with Crippen LogP contribution in [0.2, 0.25) is 0 Å². The van der Waals surface area contributed by atoms with Gasteiger partial charge in [0.15, 0.2) is 0 Å². The fraction of sp³-hybridized carbons (Fsp3) is 0.250. The third-order valence-corrected chi connectivity index (χ3v) is 5.33. The molecule has 0 amide bonds. The van der Waals surface area contributed by atoms with E-state index < -0.39 is 0 Å². The molecule has 0 heterocycles. The number of hydrogen-bond donors (Lipinski definition) is 0. The van der Waals surface area contributed by atoms with Crippen LogP contribution in [0.25, 0.3) is 0 Å². The molecule has 0 aromatic heterocycles. The zero-order valence-corrected chi connectivity index (χ0v) is 15.4. The molecular formula is C24H25F. The van der Waals surface area contributed by atoms with E-state index in [-0.39, 0.29) is 16.6 Å². The highest BCUT2D eigenvalue weighted by atomic mass is 19.1. The van der Waals surface area contributed by atoms with Gasteiger partial charge >= 0.3 is 0 Å². The molecule has 0 saturated carbocycles. The van der Waals surface area contributed by atoms with Crippen LogP contribution in [-0.4, -0.2) is 0 Å². The van der Waals surface area contributed by atoms with Crippen LogP contribution in [0, 0.1) is 5.82 Å². The predicted molar refractivity (Wildman–Crippen MR) is 104 cm³/mol. The van der Waals surface area contributed by atoms with E-state index in [4.69, 9.17) is 0 Å². The van der Waals surface area contributed by atoms with Crippen LogP contribution in [-0.2, 0) is 10.8 Å². The van der Waals surface area contributed by atoms with Gasteiger partial charge in [0.2, 0.25) is 0 Å². The fourth-order valence-electron chi connectivity index (χ4n) is 3.35. The van der Waals surface area contributed by atoms with Gasteiger partial charge in [0, 0.05) is 10.8 Å². The summed E-state index contributed by atoms with van der Waals surface area (Å²) in [6.45, 7) is 8.60. The topological polar surface area (TPSA) is 0 Å². The minimum absolute atomic E-state index is 0.180. The van der Waals surface area contributed by atoms with E-state index in [0.717, 1.165) is 11.1 Å². The summed E-state index contributed by atoms with van der Waals surface area (Å²) in [5, 5.41) is 0. The Kier molecular flexibility index (Phi) is 4.51. The van der Waals surface area contributed by atoms with Crippen LogP contribution in [0.4, 0.5) is 4.39 Å². The molecule has 0 atom stereocenters. The standard InChI is InChI=1S/C24H25F/c1-23(2,18-11-7-5-8-12-18)20-15-21(17-22(25)16-20)24(3,4)19-13-9-6-10-14-19/h5-17H,1-4H3. The Morgan fingerprint density at radius 3 is 1.24 bits per heavy atom. The third-order valence-electron chi connectivity index (χ3n) is 5.33. The van der Waals surface area contributed by atoms with Gasteiger partial charge in [-0.15, -0.1) is 0 Å². The molecule has 0 bridgehead atoms. The van der Waals surface area contributed by atoms with Gasteiger partial charge in [0.1, 0.15) is 5.82 Å². The fourth-order valence-corrected chi connectivity index (χ4v) is 3.35. The maximum Gasteiger partial charge on any atom is 0.123 e. The van der Waals surface area contributed by atoms with Crippen molar-refractivity contribution < 1.29 is 4.39 Å². The Labute approximate surface area is 150 Å². The van der Waals surface area contributed by atoms with Crippen molar-refractivity contribution in [3.05, 3.63) is 107 Å². The molecule has 3 aromatic carbocycles. The van der Waals surface area contributed by atoms with Gasteiger partial charge in [0.25, 0.3) is 0 Å². The molecule has 3 rings (SSSR count). The first kappa shape index (κ1) is 17.4. The van der Waals surface area contributed by atoms with Gasteiger partial charge in [-0.05, 0) is 34.4 Å². The van der Waals surface area contributed by atoms with Crippen LogP contribution >= 0.6 is 0 Å². The molecule has 0 aliphatic heterocycles. The zero-order valence-electron chi connectivity index (χ0n) is 15.4. The van der Waals surface area contributed by atoms with Gasteiger partial charge in [0.05, 0.1) is 0 Å². The summed E-state index contributed by atoms with van der Waals surface area (Å²) in [6, 6.07) is 26.1. The van der Waals surface area contributed by atoms with Crippen LogP contribution in [0.3, 0.4) is 0 Å². The molecule has 0 aliphatic rings. The van der Waals surface area contributed by atoms with Gasteiger partial charge in [-0.3, -0.25) is 0 Å². The minimum atomic E-state index is -0.259. The van der Waals surface area contributed by atoms with E-state index in [0.29, 0.717) is 0 Å². The number of benzene rings is 3. The highest BCUT2D eigenvalue weighted by Crippen LogP contribution is 2.37. The van der Waals surface area contributed by atoms with E-state index >= 15 is 0 Å². The number of hydrogen-bond acceptors (Lipinski definition) is 0. The highest BCUT2D eigenvalue weighted by molar-refractivity contribution is 5.44. The Hall–Kier alpha value is -2.41. The first-order chi connectivity index (χ1) is 11.8. The summed E-state index contributed by atoms with van der Waals surface area (Å²) in [4.78, 5) is 0. The van der Waals surface area contributed by atoms with Crippen LogP contribution in [0.5, 0.6) is 0 Å². The summed E-state index contributed by atoms with van der Waals surface area (Å²) >= 11 is 0. The highest BCUT2D eigenvalue weighted by Gasteiger charge is 2.28. The molecule has 1 heteroatoms. The summed E-state index contributed by atoms with van der Waals surface area (Å²) in [6.07, 6.45) is 0. The second-order valence-electron chi connectivity index (χ2n) is 7.71. The lowest BCUT2D eigenvalue weighted by atomic mass is 9.73. The van der Waals surface area contributed by atoms with Crippen molar-refractivity contribution in [3.8, 4) is 0 Å². The molecule has 0 spiro atoms. The van der Waals surface area contributed by atoms with Crippen LogP contribution in [0.1, 0.15) is 49.9 Å². The Morgan fingerprint density at radius 1 is 0.520 bits per heavy atom. The van der Waals surface area contributed by atoms with E-state index in [9.17, 15) is 4.39 Å². The number of halogens is 1.